The lowest BCUT2D eigenvalue weighted by atomic mass is 9.91. The molecule has 1 saturated heterocycles. The van der Waals surface area contributed by atoms with Crippen LogP contribution in [-0.2, 0) is 37.1 Å². The van der Waals surface area contributed by atoms with Crippen molar-refractivity contribution < 1.29 is 52.5 Å². The Morgan fingerprint density at radius 3 is 2.47 bits per heavy atom. The zero-order chi connectivity index (χ0) is 52.5. The fourth-order valence-electron chi connectivity index (χ4n) is 9.68. The van der Waals surface area contributed by atoms with Gasteiger partial charge in [0, 0.05) is 80.8 Å². The van der Waals surface area contributed by atoms with Gasteiger partial charge in [0.2, 0.25) is 17.8 Å². The summed E-state index contributed by atoms with van der Waals surface area (Å²) in [5, 5.41) is 12.2. The van der Waals surface area contributed by atoms with Gasteiger partial charge in [-0.25, -0.2) is 34.0 Å². The van der Waals surface area contributed by atoms with Crippen molar-refractivity contribution in [3.05, 3.63) is 92.1 Å². The maximum Gasteiger partial charge on any atom is 0.345 e. The SMILES string of the molecule is CCCCOCCOCCOO[C@@]1(F)CC=C(c2nccc(COc3ccc4cc3C[C@H](C(=O)O)Oc3ncnc5sc(C6=CCCC6)c(c35)-c3c(C)c(Cl)c(c(Cl)c3C)O[C@H](CN3CCN(C)CC3)CO4)n2)CC1. The zero-order valence-electron chi connectivity index (χ0n) is 43.0. The number of allylic oxidation sites excluding steroid dienone is 3. The average Bonchev–Trinajstić information content (AvgIpc) is 4.09. The molecule has 2 aliphatic carbocycles. The van der Waals surface area contributed by atoms with E-state index in [1.165, 1.54) is 17.7 Å². The molecule has 2 aromatic carbocycles. The number of hydrogen-bond acceptors (Lipinski definition) is 16. The van der Waals surface area contributed by atoms with E-state index in [-0.39, 0.29) is 51.6 Å². The first kappa shape index (κ1) is 54.8. The minimum absolute atomic E-state index is 0.00728. The maximum atomic E-state index is 15.6. The number of fused-ring (bicyclic) bond motifs is 7. The Labute approximate surface area is 451 Å². The van der Waals surface area contributed by atoms with Crippen molar-refractivity contribution in [2.75, 3.05) is 79.4 Å². The molecule has 5 aromatic rings. The minimum Gasteiger partial charge on any atom is -0.490 e. The Morgan fingerprint density at radius 1 is 0.947 bits per heavy atom. The van der Waals surface area contributed by atoms with Crippen LogP contribution in [-0.4, -0.2) is 138 Å². The van der Waals surface area contributed by atoms with Crippen LogP contribution in [0.5, 0.6) is 23.1 Å². The van der Waals surface area contributed by atoms with Crippen molar-refractivity contribution in [2.45, 2.75) is 103 Å². The van der Waals surface area contributed by atoms with E-state index in [2.05, 4.69) is 39.8 Å². The molecule has 0 radical (unpaired) electrons. The lowest BCUT2D eigenvalue weighted by Crippen LogP contribution is -2.49. The van der Waals surface area contributed by atoms with Gasteiger partial charge < -0.3 is 38.4 Å². The van der Waals surface area contributed by atoms with Crippen molar-refractivity contribution >= 4 is 61.9 Å². The lowest BCUT2D eigenvalue weighted by Gasteiger charge is -2.35. The highest BCUT2D eigenvalue weighted by molar-refractivity contribution is 7.20. The van der Waals surface area contributed by atoms with Gasteiger partial charge in [-0.15, -0.1) is 11.3 Å². The van der Waals surface area contributed by atoms with Crippen LogP contribution < -0.4 is 18.9 Å². The normalized spacial score (nSPS) is 20.5. The Bertz CT molecular complexity index is 2850. The monoisotopic (exact) mass is 1090 g/mol. The fourth-order valence-corrected chi connectivity index (χ4v) is 11.4. The number of hydrogen-bond donors (Lipinski definition) is 1. The highest BCUT2D eigenvalue weighted by Crippen LogP contribution is 2.53. The zero-order valence-corrected chi connectivity index (χ0v) is 45.3. The number of rotatable bonds is 19. The van der Waals surface area contributed by atoms with Gasteiger partial charge in [0.25, 0.3) is 0 Å². The predicted octanol–water partition coefficient (Wildman–Crippen LogP) is 10.7. The summed E-state index contributed by atoms with van der Waals surface area (Å²) in [7, 11) is 2.11. The second-order valence-electron chi connectivity index (χ2n) is 19.4. The predicted molar refractivity (Wildman–Crippen MR) is 286 cm³/mol. The largest absolute Gasteiger partial charge is 0.490 e. The summed E-state index contributed by atoms with van der Waals surface area (Å²) in [6, 6.07) is 7.02. The van der Waals surface area contributed by atoms with E-state index in [0.29, 0.717) is 87.4 Å². The molecule has 6 heterocycles. The molecule has 3 aliphatic heterocycles. The van der Waals surface area contributed by atoms with Gasteiger partial charge in [0.15, 0.2) is 11.6 Å². The second kappa shape index (κ2) is 25.4. The van der Waals surface area contributed by atoms with E-state index < -0.39 is 24.0 Å². The summed E-state index contributed by atoms with van der Waals surface area (Å²) in [6.07, 6.45) is 10.1. The molecule has 10 rings (SSSR count). The summed E-state index contributed by atoms with van der Waals surface area (Å²) < 4.78 is 53.0. The Hall–Kier alpha value is -5.02. The van der Waals surface area contributed by atoms with Gasteiger partial charge in [-0.2, -0.15) is 4.89 Å². The number of nitrogens with zero attached hydrogens (tertiary/aromatic N) is 6. The lowest BCUT2D eigenvalue weighted by molar-refractivity contribution is -0.400. The number of halogens is 3. The van der Waals surface area contributed by atoms with E-state index in [4.69, 9.17) is 71.4 Å². The van der Waals surface area contributed by atoms with Gasteiger partial charge in [-0.3, -0.25) is 4.90 Å². The molecule has 75 heavy (non-hydrogen) atoms. The third kappa shape index (κ3) is 13.4. The van der Waals surface area contributed by atoms with Gasteiger partial charge >= 0.3 is 5.97 Å². The van der Waals surface area contributed by atoms with Crippen molar-refractivity contribution in [3.63, 3.8) is 0 Å². The second-order valence-corrected chi connectivity index (χ2v) is 21.2. The number of alkyl halides is 1. The van der Waals surface area contributed by atoms with E-state index in [9.17, 15) is 9.90 Å². The van der Waals surface area contributed by atoms with Gasteiger partial charge in [-0.1, -0.05) is 48.7 Å². The molecule has 0 spiro atoms. The van der Waals surface area contributed by atoms with Crippen LogP contribution in [0.15, 0.2) is 48.9 Å². The van der Waals surface area contributed by atoms with Crippen LogP contribution in [0.3, 0.4) is 0 Å². The smallest absolute Gasteiger partial charge is 0.345 e. The molecular formula is C55H65Cl2FN6O10S. The first-order valence-electron chi connectivity index (χ1n) is 25.8. The summed E-state index contributed by atoms with van der Waals surface area (Å²) in [5.74, 6) is -1.44. The van der Waals surface area contributed by atoms with Crippen molar-refractivity contribution in [3.8, 4) is 34.3 Å². The van der Waals surface area contributed by atoms with Crippen LogP contribution >= 0.6 is 34.5 Å². The topological polar surface area (TPSA) is 169 Å². The molecule has 16 nitrogen and oxygen atoms in total. The quantitative estimate of drug-likeness (QED) is 0.0470. The van der Waals surface area contributed by atoms with E-state index in [1.807, 2.05) is 13.8 Å². The van der Waals surface area contributed by atoms with E-state index >= 15 is 4.39 Å². The first-order chi connectivity index (χ1) is 36.4. The number of carboxylic acid groups (broad SMARTS) is 1. The average molecular weight is 1090 g/mol. The van der Waals surface area contributed by atoms with Gasteiger partial charge in [0.1, 0.15) is 48.6 Å². The van der Waals surface area contributed by atoms with Crippen LogP contribution in [0.4, 0.5) is 4.39 Å². The van der Waals surface area contributed by atoms with Crippen molar-refractivity contribution in [2.24, 2.45) is 0 Å². The minimum atomic E-state index is -2.00. The number of aliphatic carboxylic acids is 1. The maximum absolute atomic E-state index is 15.6. The van der Waals surface area contributed by atoms with Crippen LogP contribution in [0.25, 0.3) is 32.5 Å². The standard InChI is InChI=1S/C55H65Cl2FN6O10S/c1-5-6-23-67-24-25-68-26-27-71-74-55(58)16-13-37(14-17-55)51-59-18-15-39(62-51)31-70-42-12-11-40-28-38(42)29-43(54(65)66)73-52-46-45(50(36-9-7-8-10-36)75-53(46)61-33-60-52)44-34(2)47(56)49(48(57)35(44)3)72-41(32-69-40)30-64-21-19-63(4)20-22-64/h9,11-13,15,18,28,33,41,43H,5-8,10,14,16-17,19-27,29-32H2,1-4H3,(H,65,66)/t41-,43-,55+/m1/s1. The number of likely N-dealkylation sites (N-methyl/N-ethyl adjacent to an activating group) is 1. The molecule has 3 atom stereocenters. The van der Waals surface area contributed by atoms with Crippen LogP contribution in [0.1, 0.15) is 91.4 Å². The molecule has 20 heteroatoms. The van der Waals surface area contributed by atoms with Gasteiger partial charge in [-0.05, 0) is 105 Å². The molecule has 0 unspecified atom stereocenters. The van der Waals surface area contributed by atoms with Crippen LogP contribution in [0.2, 0.25) is 10.0 Å². The summed E-state index contributed by atoms with van der Waals surface area (Å²) in [5.41, 5.74) is 6.05. The van der Waals surface area contributed by atoms with Crippen molar-refractivity contribution in [1.82, 2.24) is 29.7 Å². The number of piperazine rings is 1. The summed E-state index contributed by atoms with van der Waals surface area (Å²) >= 11 is 16.2. The number of carbonyl (C=O) groups is 1. The molecular weight excluding hydrogens is 1030 g/mol. The molecule has 0 saturated carbocycles. The molecule has 1 N–H and O–H groups in total. The third-order valence-electron chi connectivity index (χ3n) is 13.9. The Morgan fingerprint density at radius 2 is 1.73 bits per heavy atom. The summed E-state index contributed by atoms with van der Waals surface area (Å²) in [6.45, 7) is 12.1. The number of ether oxygens (including phenoxy) is 6. The number of unbranched alkanes of at least 4 members (excludes halogenated alkanes) is 1. The number of thiophene rings is 1. The van der Waals surface area contributed by atoms with E-state index in [0.717, 1.165) is 96.6 Å². The van der Waals surface area contributed by atoms with Gasteiger partial charge in [0.05, 0.1) is 40.9 Å². The summed E-state index contributed by atoms with van der Waals surface area (Å²) in [4.78, 5) is 48.6. The van der Waals surface area contributed by atoms with E-state index in [1.54, 1.807) is 36.5 Å². The molecule has 1 fully saturated rings. The number of aromatic nitrogens is 4. The first-order valence-corrected chi connectivity index (χ1v) is 27.4. The molecule has 5 aliphatic rings. The highest BCUT2D eigenvalue weighted by atomic mass is 35.5. The number of benzene rings is 2. The third-order valence-corrected chi connectivity index (χ3v) is 16.0. The van der Waals surface area contributed by atoms with Crippen molar-refractivity contribution in [1.29, 1.82) is 0 Å². The Balaban J connectivity index is 0.984. The highest BCUT2D eigenvalue weighted by Gasteiger charge is 2.36. The fraction of sp³-hybridized carbons (Fsp3) is 0.509. The number of carboxylic acids is 1. The molecule has 3 aromatic heterocycles. The van der Waals surface area contributed by atoms with Crippen LogP contribution in [0, 0.1) is 13.8 Å². The molecule has 0 amide bonds. The molecule has 402 valence electrons. The Kier molecular flexibility index (Phi) is 18.6. The molecule has 4 bridgehead atoms.